The molecular weight excluding hydrogens is 296 g/mol. The largest absolute Gasteiger partial charge is 0.497 e. The van der Waals surface area contributed by atoms with E-state index >= 15 is 0 Å². The summed E-state index contributed by atoms with van der Waals surface area (Å²) < 4.78 is 5.21. The summed E-state index contributed by atoms with van der Waals surface area (Å²) in [7, 11) is 1.63. The Morgan fingerprint density at radius 1 is 1.32 bits per heavy atom. The van der Waals surface area contributed by atoms with E-state index in [1.165, 1.54) is 19.3 Å². The fourth-order valence-corrected chi connectivity index (χ4v) is 3.46. The zero-order chi connectivity index (χ0) is 15.5. The zero-order valence-corrected chi connectivity index (χ0v) is 13.5. The van der Waals surface area contributed by atoms with Crippen molar-refractivity contribution in [3.63, 3.8) is 0 Å². The maximum absolute atomic E-state index is 12.7. The molecule has 1 N–H and O–H groups in total. The van der Waals surface area contributed by atoms with Gasteiger partial charge in [-0.2, -0.15) is 0 Å². The molecule has 2 aliphatic rings. The molecule has 1 saturated carbocycles. The number of methoxy groups -OCH3 is 1. The van der Waals surface area contributed by atoms with E-state index in [0.29, 0.717) is 10.8 Å². The topological polar surface area (TPSA) is 41.6 Å². The van der Waals surface area contributed by atoms with Crippen LogP contribution in [-0.4, -0.2) is 29.1 Å². The van der Waals surface area contributed by atoms with Crippen molar-refractivity contribution in [3.05, 3.63) is 35.5 Å². The normalized spacial score (nSPS) is 21.3. The summed E-state index contributed by atoms with van der Waals surface area (Å²) >= 11 is 5.37. The molecule has 0 aromatic heterocycles. The second-order valence-corrected chi connectivity index (χ2v) is 6.12. The van der Waals surface area contributed by atoms with Crippen LogP contribution in [0.2, 0.25) is 0 Å². The number of carbonyl (C=O) groups is 1. The Kier molecular flexibility index (Phi) is 4.43. The van der Waals surface area contributed by atoms with Gasteiger partial charge in [-0.15, -0.1) is 0 Å². The first-order valence-corrected chi connectivity index (χ1v) is 8.10. The average Bonchev–Trinajstić information content (AvgIpc) is 2.82. The van der Waals surface area contributed by atoms with Gasteiger partial charge < -0.3 is 10.1 Å². The summed E-state index contributed by atoms with van der Waals surface area (Å²) in [6.07, 6.45) is 7.52. The van der Waals surface area contributed by atoms with Gasteiger partial charge in [0.15, 0.2) is 5.11 Å². The van der Waals surface area contributed by atoms with Crippen molar-refractivity contribution in [2.24, 2.45) is 0 Å². The van der Waals surface area contributed by atoms with Crippen molar-refractivity contribution in [2.45, 2.75) is 38.1 Å². The molecule has 2 fully saturated rings. The third-order valence-corrected chi connectivity index (χ3v) is 4.55. The number of ether oxygens (including phenoxy) is 1. The van der Waals surface area contributed by atoms with Crippen LogP contribution in [0.1, 0.15) is 37.7 Å². The third-order valence-electron chi connectivity index (χ3n) is 4.25. The Morgan fingerprint density at radius 2 is 2.09 bits per heavy atom. The number of benzene rings is 1. The number of hydrogen-bond donors (Lipinski definition) is 1. The van der Waals surface area contributed by atoms with Crippen molar-refractivity contribution in [1.82, 2.24) is 10.2 Å². The zero-order valence-electron chi connectivity index (χ0n) is 12.7. The average molecular weight is 316 g/mol. The van der Waals surface area contributed by atoms with Crippen LogP contribution >= 0.6 is 12.2 Å². The lowest BCUT2D eigenvalue weighted by Crippen LogP contribution is -2.41. The number of nitrogens with zero attached hydrogens (tertiary/aromatic N) is 1. The van der Waals surface area contributed by atoms with Crippen molar-refractivity contribution >= 4 is 29.3 Å². The summed E-state index contributed by atoms with van der Waals surface area (Å²) in [4.78, 5) is 14.4. The molecule has 0 bridgehead atoms. The highest BCUT2D eigenvalue weighted by atomic mass is 32.1. The van der Waals surface area contributed by atoms with Gasteiger partial charge in [-0.05, 0) is 48.8 Å². The molecule has 5 heteroatoms. The van der Waals surface area contributed by atoms with Gasteiger partial charge in [-0.3, -0.25) is 9.69 Å². The van der Waals surface area contributed by atoms with Gasteiger partial charge >= 0.3 is 0 Å². The maximum Gasteiger partial charge on any atom is 0.276 e. The smallest absolute Gasteiger partial charge is 0.276 e. The number of carbonyl (C=O) groups excluding carboxylic acids is 1. The highest BCUT2D eigenvalue weighted by molar-refractivity contribution is 7.80. The lowest BCUT2D eigenvalue weighted by Gasteiger charge is -2.29. The molecule has 22 heavy (non-hydrogen) atoms. The molecule has 1 aromatic rings. The second kappa shape index (κ2) is 6.48. The molecule has 1 aliphatic carbocycles. The minimum absolute atomic E-state index is 0.0141. The van der Waals surface area contributed by atoms with Crippen molar-refractivity contribution in [1.29, 1.82) is 0 Å². The summed E-state index contributed by atoms with van der Waals surface area (Å²) in [5, 5.41) is 3.60. The highest BCUT2D eigenvalue weighted by Gasteiger charge is 2.36. The van der Waals surface area contributed by atoms with Gasteiger partial charge in [0.05, 0.1) is 7.11 Å². The first-order valence-electron chi connectivity index (χ1n) is 7.69. The van der Waals surface area contributed by atoms with Gasteiger partial charge in [0.2, 0.25) is 0 Å². The van der Waals surface area contributed by atoms with Crippen molar-refractivity contribution in [3.8, 4) is 5.75 Å². The Bertz CT molecular complexity index is 621. The first-order chi connectivity index (χ1) is 10.7. The third kappa shape index (κ3) is 2.99. The molecule has 4 nitrogen and oxygen atoms in total. The number of nitrogens with one attached hydrogen (secondary N) is 1. The standard InChI is InChI=1S/C17H20N2O2S/c1-21-14-9-5-6-12(10-14)11-15-16(20)19(17(22)18-15)13-7-3-2-4-8-13/h5-6,9-11,13H,2-4,7-8H2,1H3,(H,18,22)/b15-11-. The fraction of sp³-hybridized carbons (Fsp3) is 0.412. The molecule has 0 radical (unpaired) electrons. The Balaban J connectivity index is 1.81. The summed E-state index contributed by atoms with van der Waals surface area (Å²) in [5.41, 5.74) is 1.47. The summed E-state index contributed by atoms with van der Waals surface area (Å²) in [6.45, 7) is 0. The van der Waals surface area contributed by atoms with E-state index in [4.69, 9.17) is 17.0 Å². The van der Waals surface area contributed by atoms with Gasteiger partial charge in [-0.1, -0.05) is 31.4 Å². The first kappa shape index (κ1) is 15.0. The molecule has 116 valence electrons. The monoisotopic (exact) mass is 316 g/mol. The van der Waals surface area contributed by atoms with Gasteiger partial charge in [-0.25, -0.2) is 0 Å². The van der Waals surface area contributed by atoms with Crippen LogP contribution in [0, 0.1) is 0 Å². The lowest BCUT2D eigenvalue weighted by atomic mass is 9.94. The van der Waals surface area contributed by atoms with E-state index in [2.05, 4.69) is 5.32 Å². The minimum atomic E-state index is -0.0141. The van der Waals surface area contributed by atoms with E-state index < -0.39 is 0 Å². The molecule has 1 saturated heterocycles. The molecule has 1 aromatic carbocycles. The molecule has 0 unspecified atom stereocenters. The quantitative estimate of drug-likeness (QED) is 0.687. The summed E-state index contributed by atoms with van der Waals surface area (Å²) in [6, 6.07) is 7.87. The Labute approximate surface area is 136 Å². The number of rotatable bonds is 3. The van der Waals surface area contributed by atoms with Crippen LogP contribution < -0.4 is 10.1 Å². The molecular formula is C17H20N2O2S. The van der Waals surface area contributed by atoms with Gasteiger partial charge in [0, 0.05) is 6.04 Å². The SMILES string of the molecule is COc1cccc(/C=C2\NC(=S)N(C3CCCCC3)C2=O)c1. The number of amides is 1. The van der Waals surface area contributed by atoms with Crippen LogP contribution in [-0.2, 0) is 4.79 Å². The molecule has 0 spiro atoms. The Hall–Kier alpha value is -1.88. The second-order valence-electron chi connectivity index (χ2n) is 5.73. The molecule has 1 amide bonds. The molecule has 1 aliphatic heterocycles. The summed E-state index contributed by atoms with van der Waals surface area (Å²) in [5.74, 6) is 0.756. The number of thiocarbonyl (C=S) groups is 1. The molecule has 1 heterocycles. The minimum Gasteiger partial charge on any atom is -0.497 e. The van der Waals surface area contributed by atoms with Crippen LogP contribution in [0.25, 0.3) is 6.08 Å². The van der Waals surface area contributed by atoms with E-state index in [0.717, 1.165) is 24.2 Å². The van der Waals surface area contributed by atoms with Crippen molar-refractivity contribution < 1.29 is 9.53 Å². The van der Waals surface area contributed by atoms with Crippen LogP contribution in [0.3, 0.4) is 0 Å². The predicted octanol–water partition coefficient (Wildman–Crippen LogP) is 3.09. The van der Waals surface area contributed by atoms with Gasteiger partial charge in [0.25, 0.3) is 5.91 Å². The number of hydrogen-bond acceptors (Lipinski definition) is 3. The molecule has 0 atom stereocenters. The van der Waals surface area contributed by atoms with E-state index in [1.807, 2.05) is 30.3 Å². The van der Waals surface area contributed by atoms with Crippen LogP contribution in [0.5, 0.6) is 5.75 Å². The predicted molar refractivity (Wildman–Crippen MR) is 90.4 cm³/mol. The maximum atomic E-state index is 12.7. The van der Waals surface area contributed by atoms with E-state index in [1.54, 1.807) is 12.0 Å². The fourth-order valence-electron chi connectivity index (χ4n) is 3.12. The van der Waals surface area contributed by atoms with E-state index in [-0.39, 0.29) is 11.9 Å². The van der Waals surface area contributed by atoms with E-state index in [9.17, 15) is 4.79 Å². The Morgan fingerprint density at radius 3 is 2.82 bits per heavy atom. The van der Waals surface area contributed by atoms with Crippen molar-refractivity contribution in [2.75, 3.05) is 7.11 Å². The highest BCUT2D eigenvalue weighted by Crippen LogP contribution is 2.27. The lowest BCUT2D eigenvalue weighted by molar-refractivity contribution is -0.124. The van der Waals surface area contributed by atoms with Crippen LogP contribution in [0.15, 0.2) is 30.0 Å². The van der Waals surface area contributed by atoms with Crippen LogP contribution in [0.4, 0.5) is 0 Å². The molecule has 3 rings (SSSR count). The van der Waals surface area contributed by atoms with Gasteiger partial charge in [0.1, 0.15) is 11.4 Å².